The molecule has 5 atom stereocenters. The topological polar surface area (TPSA) is 288 Å². The first-order valence-electron chi connectivity index (χ1n) is 15.8. The summed E-state index contributed by atoms with van der Waals surface area (Å²) in [5.74, 6) is -9.84. The summed E-state index contributed by atoms with van der Waals surface area (Å²) in [4.78, 5) is 13.4. The van der Waals surface area contributed by atoms with Crippen molar-refractivity contribution in [1.29, 1.82) is 0 Å². The number of aliphatic hydroxyl groups is 1. The summed E-state index contributed by atoms with van der Waals surface area (Å²) in [6.07, 6.45) is -6.22. The Hall–Kier alpha value is -7.07. The molecule has 0 radical (unpaired) electrons. The van der Waals surface area contributed by atoms with Crippen molar-refractivity contribution in [3.8, 4) is 74.7 Å². The Labute approximate surface area is 297 Å². The second-order valence-corrected chi connectivity index (χ2v) is 12.6. The summed E-state index contributed by atoms with van der Waals surface area (Å²) in [6.45, 7) is 0. The number of phenolic OH excluding ortho intramolecular Hbond substituents is 11. The summed E-state index contributed by atoms with van der Waals surface area (Å²) in [6, 6.07) is 11.9. The van der Waals surface area contributed by atoms with E-state index < -0.39 is 105 Å². The average molecular weight is 731 g/mol. The van der Waals surface area contributed by atoms with Crippen molar-refractivity contribution < 1.29 is 80.3 Å². The van der Waals surface area contributed by atoms with Crippen LogP contribution in [0.1, 0.15) is 56.3 Å². The molecule has 2 aliphatic rings. The van der Waals surface area contributed by atoms with E-state index in [1.807, 2.05) is 0 Å². The van der Waals surface area contributed by atoms with E-state index in [0.29, 0.717) is 0 Å². The molecule has 53 heavy (non-hydrogen) atoms. The zero-order valence-electron chi connectivity index (χ0n) is 26.9. The Morgan fingerprint density at radius 3 is 1.77 bits per heavy atom. The largest absolute Gasteiger partial charge is 0.508 e. The molecule has 0 amide bonds. The summed E-state index contributed by atoms with van der Waals surface area (Å²) in [5, 5.41) is 126. The summed E-state index contributed by atoms with van der Waals surface area (Å²) in [5.41, 5.74) is -0.556. The Bertz CT molecular complexity index is 2280. The Morgan fingerprint density at radius 2 is 1.17 bits per heavy atom. The molecule has 0 spiro atoms. The number of carbonyl (C=O) groups is 1. The molecule has 274 valence electrons. The van der Waals surface area contributed by atoms with Gasteiger partial charge in [-0.1, -0.05) is 12.1 Å². The van der Waals surface area contributed by atoms with E-state index in [1.165, 1.54) is 12.1 Å². The second kappa shape index (κ2) is 12.6. The van der Waals surface area contributed by atoms with Gasteiger partial charge < -0.3 is 75.5 Å². The number of benzene rings is 5. The fraction of sp³-hybridized carbons (Fsp3) is 0.162. The van der Waals surface area contributed by atoms with E-state index in [4.69, 9.17) is 14.2 Å². The highest BCUT2D eigenvalue weighted by Crippen LogP contribution is 2.57. The lowest BCUT2D eigenvalue weighted by Gasteiger charge is -2.40. The van der Waals surface area contributed by atoms with Gasteiger partial charge in [0.15, 0.2) is 52.5 Å². The number of hydrogen-bond donors (Lipinski definition) is 12. The predicted octanol–water partition coefficient (Wildman–Crippen LogP) is 3.98. The maximum absolute atomic E-state index is 13.4. The molecule has 5 aromatic rings. The third-order valence-corrected chi connectivity index (χ3v) is 9.22. The maximum atomic E-state index is 13.4. The van der Waals surface area contributed by atoms with Crippen LogP contribution in [0.5, 0.6) is 74.7 Å². The highest BCUT2D eigenvalue weighted by atomic mass is 16.6. The van der Waals surface area contributed by atoms with Gasteiger partial charge in [0.05, 0.1) is 11.5 Å². The number of carbonyl (C=O) groups excluding carboxylic acids is 1. The highest BCUT2D eigenvalue weighted by Gasteiger charge is 2.47. The van der Waals surface area contributed by atoms with Gasteiger partial charge in [0.2, 0.25) is 0 Å². The first-order chi connectivity index (χ1) is 25.1. The van der Waals surface area contributed by atoms with Gasteiger partial charge >= 0.3 is 5.97 Å². The van der Waals surface area contributed by atoms with Crippen molar-refractivity contribution in [3.63, 3.8) is 0 Å². The van der Waals surface area contributed by atoms with Crippen molar-refractivity contribution in [1.82, 2.24) is 0 Å². The summed E-state index contributed by atoms with van der Waals surface area (Å²) >= 11 is 0. The van der Waals surface area contributed by atoms with Crippen molar-refractivity contribution in [2.45, 2.75) is 36.8 Å². The molecular weight excluding hydrogens is 700 g/mol. The smallest absolute Gasteiger partial charge is 0.338 e. The average Bonchev–Trinajstić information content (AvgIpc) is 3.10. The molecule has 0 bridgehead atoms. The van der Waals surface area contributed by atoms with Crippen molar-refractivity contribution in [2.24, 2.45) is 0 Å². The third-order valence-electron chi connectivity index (χ3n) is 9.22. The SMILES string of the molecule is O=C(O[C@H]1Cc2c(O)cc(O)c([C@@H]3c4c(O)cc(O)cc4O[C@H](c4ccc(O)c(O)c4)[C@@H]3O)c2O[C@@H]1c1ccc(O)c(O)c1)c1cc(O)c(O)c(O)c1. The Kier molecular flexibility index (Phi) is 8.18. The van der Waals surface area contributed by atoms with Gasteiger partial charge in [-0.05, 0) is 42.0 Å². The van der Waals surface area contributed by atoms with Crippen LogP contribution < -0.4 is 9.47 Å². The molecule has 0 aromatic heterocycles. The molecule has 0 aliphatic carbocycles. The molecule has 5 aromatic carbocycles. The van der Waals surface area contributed by atoms with Gasteiger partial charge in [-0.3, -0.25) is 0 Å². The van der Waals surface area contributed by atoms with Crippen molar-refractivity contribution in [3.05, 3.63) is 100 Å². The minimum Gasteiger partial charge on any atom is -0.508 e. The van der Waals surface area contributed by atoms with Crippen LogP contribution in [-0.4, -0.2) is 79.5 Å². The molecule has 7 rings (SSSR count). The van der Waals surface area contributed by atoms with Crippen LogP contribution in [0.25, 0.3) is 0 Å². The monoisotopic (exact) mass is 730 g/mol. The number of phenols is 11. The molecule has 12 N–H and O–H groups in total. The fourth-order valence-corrected chi connectivity index (χ4v) is 6.72. The number of aliphatic hydroxyl groups excluding tert-OH is 1. The van der Waals surface area contributed by atoms with E-state index in [0.717, 1.165) is 54.6 Å². The standard InChI is InChI=1S/C37H30O16/c38-16-9-23(44)29-27(10-16)51-35(14-2-4-19(40)22(43)6-14)33(49)31(29)30-24(45)12-20(41)17-11-28(52-37(50)15-7-25(46)32(48)26(47)8-15)34(53-36(17)30)13-1-3-18(39)21(42)5-13/h1-10,12,28,31,33-35,38-49H,11H2/t28-,31-,33+,34+,35+/m0/s1. The first-order valence-corrected chi connectivity index (χ1v) is 15.8. The Morgan fingerprint density at radius 1 is 0.585 bits per heavy atom. The van der Waals surface area contributed by atoms with Crippen LogP contribution in [0, 0.1) is 0 Å². The molecule has 0 saturated heterocycles. The molecule has 2 aliphatic heterocycles. The molecule has 0 saturated carbocycles. The van der Waals surface area contributed by atoms with E-state index in [1.54, 1.807) is 0 Å². The summed E-state index contributed by atoms with van der Waals surface area (Å²) in [7, 11) is 0. The number of esters is 1. The lowest BCUT2D eigenvalue weighted by molar-refractivity contribution is -0.0210. The molecule has 0 fully saturated rings. The van der Waals surface area contributed by atoms with E-state index in [2.05, 4.69) is 0 Å². The second-order valence-electron chi connectivity index (χ2n) is 12.6. The van der Waals surface area contributed by atoms with Gasteiger partial charge in [0.1, 0.15) is 46.7 Å². The molecular formula is C37H30O16. The predicted molar refractivity (Wildman–Crippen MR) is 178 cm³/mol. The fourth-order valence-electron chi connectivity index (χ4n) is 6.72. The maximum Gasteiger partial charge on any atom is 0.338 e. The number of fused-ring (bicyclic) bond motifs is 2. The van der Waals surface area contributed by atoms with Crippen LogP contribution >= 0.6 is 0 Å². The number of ether oxygens (including phenoxy) is 3. The van der Waals surface area contributed by atoms with Crippen LogP contribution in [0.3, 0.4) is 0 Å². The minimum atomic E-state index is -1.72. The minimum absolute atomic E-state index is 0.0661. The van der Waals surface area contributed by atoms with Gasteiger partial charge in [0, 0.05) is 46.9 Å². The molecule has 16 nitrogen and oxygen atoms in total. The van der Waals surface area contributed by atoms with E-state index in [-0.39, 0.29) is 45.7 Å². The highest BCUT2D eigenvalue weighted by molar-refractivity contribution is 5.91. The van der Waals surface area contributed by atoms with Crippen LogP contribution in [0.4, 0.5) is 0 Å². The van der Waals surface area contributed by atoms with Gasteiger partial charge in [0.25, 0.3) is 0 Å². The normalized spacial score (nSPS) is 20.4. The lowest BCUT2D eigenvalue weighted by Crippen LogP contribution is -2.38. The van der Waals surface area contributed by atoms with Gasteiger partial charge in [-0.25, -0.2) is 4.79 Å². The van der Waals surface area contributed by atoms with E-state index >= 15 is 0 Å². The molecule has 2 heterocycles. The van der Waals surface area contributed by atoms with Gasteiger partial charge in [-0.15, -0.1) is 0 Å². The third kappa shape index (κ3) is 5.85. The van der Waals surface area contributed by atoms with Crippen molar-refractivity contribution in [2.75, 3.05) is 0 Å². The first kappa shape index (κ1) is 34.4. The van der Waals surface area contributed by atoms with Crippen LogP contribution in [-0.2, 0) is 11.2 Å². The van der Waals surface area contributed by atoms with Crippen LogP contribution in [0.2, 0.25) is 0 Å². The summed E-state index contributed by atoms with van der Waals surface area (Å²) < 4.78 is 18.1. The zero-order valence-corrected chi connectivity index (χ0v) is 26.9. The quantitative estimate of drug-likeness (QED) is 0.0899. The van der Waals surface area contributed by atoms with E-state index in [9.17, 15) is 66.1 Å². The van der Waals surface area contributed by atoms with Gasteiger partial charge in [-0.2, -0.15) is 0 Å². The van der Waals surface area contributed by atoms with Crippen LogP contribution in [0.15, 0.2) is 66.7 Å². The number of hydrogen-bond acceptors (Lipinski definition) is 16. The lowest BCUT2D eigenvalue weighted by atomic mass is 9.77. The van der Waals surface area contributed by atoms with Crippen molar-refractivity contribution >= 4 is 5.97 Å². The Balaban J connectivity index is 1.39. The number of rotatable bonds is 5. The molecule has 16 heteroatoms. The number of aromatic hydroxyl groups is 11. The zero-order chi connectivity index (χ0) is 38.0. The molecule has 0 unspecified atom stereocenters.